The van der Waals surface area contributed by atoms with Crippen molar-refractivity contribution in [1.29, 1.82) is 0 Å². The SMILES string of the molecule is CCNC(=NCC(O)COc1cccc(Cl)c1Cl)NCCc1ncc(CC)s1. The fourth-order valence-electron chi connectivity index (χ4n) is 2.29. The van der Waals surface area contributed by atoms with E-state index >= 15 is 0 Å². The van der Waals surface area contributed by atoms with Crippen LogP contribution in [0.15, 0.2) is 29.4 Å². The molecule has 0 amide bonds. The van der Waals surface area contributed by atoms with Crippen LogP contribution in [0.2, 0.25) is 10.0 Å². The Bertz CT molecular complexity index is 770. The molecule has 2 aromatic rings. The molecule has 0 spiro atoms. The average Bonchev–Trinajstić information content (AvgIpc) is 3.15. The Labute approximate surface area is 180 Å². The summed E-state index contributed by atoms with van der Waals surface area (Å²) in [6.45, 7) is 5.83. The first-order chi connectivity index (χ1) is 13.5. The molecule has 154 valence electrons. The fraction of sp³-hybridized carbons (Fsp3) is 0.474. The van der Waals surface area contributed by atoms with Gasteiger partial charge in [-0.2, -0.15) is 0 Å². The van der Waals surface area contributed by atoms with Crippen LogP contribution in [0.5, 0.6) is 5.75 Å². The predicted molar refractivity (Wildman–Crippen MR) is 117 cm³/mol. The van der Waals surface area contributed by atoms with Gasteiger partial charge in [0.15, 0.2) is 5.96 Å². The highest BCUT2D eigenvalue weighted by Gasteiger charge is 2.10. The molecule has 0 fully saturated rings. The number of thiazole rings is 1. The van der Waals surface area contributed by atoms with Crippen LogP contribution in [-0.4, -0.2) is 48.4 Å². The maximum absolute atomic E-state index is 10.1. The summed E-state index contributed by atoms with van der Waals surface area (Å²) < 4.78 is 5.54. The number of aliphatic imine (C=N–C) groups is 1. The largest absolute Gasteiger partial charge is 0.489 e. The molecule has 0 radical (unpaired) electrons. The third-order valence-electron chi connectivity index (χ3n) is 3.73. The predicted octanol–water partition coefficient (Wildman–Crippen LogP) is 3.55. The quantitative estimate of drug-likeness (QED) is 0.385. The number of aliphatic hydroxyl groups excluding tert-OH is 1. The molecule has 0 aliphatic rings. The van der Waals surface area contributed by atoms with Gasteiger partial charge in [-0.05, 0) is 25.5 Å². The van der Waals surface area contributed by atoms with E-state index in [1.54, 1.807) is 29.5 Å². The number of ether oxygens (including phenoxy) is 1. The Morgan fingerprint density at radius 3 is 2.86 bits per heavy atom. The summed E-state index contributed by atoms with van der Waals surface area (Å²) in [5, 5.41) is 18.4. The first-order valence-electron chi connectivity index (χ1n) is 9.24. The van der Waals surface area contributed by atoms with Crippen molar-refractivity contribution in [3.8, 4) is 5.75 Å². The smallest absolute Gasteiger partial charge is 0.191 e. The Kier molecular flexibility index (Phi) is 9.84. The van der Waals surface area contributed by atoms with Crippen molar-refractivity contribution in [1.82, 2.24) is 15.6 Å². The van der Waals surface area contributed by atoms with E-state index in [4.69, 9.17) is 27.9 Å². The molecular weight excluding hydrogens is 419 g/mol. The topological polar surface area (TPSA) is 78.8 Å². The molecule has 3 N–H and O–H groups in total. The summed E-state index contributed by atoms with van der Waals surface area (Å²) in [6, 6.07) is 5.13. The molecule has 0 saturated carbocycles. The summed E-state index contributed by atoms with van der Waals surface area (Å²) in [5.41, 5.74) is 0. The van der Waals surface area contributed by atoms with Gasteiger partial charge < -0.3 is 20.5 Å². The lowest BCUT2D eigenvalue weighted by molar-refractivity contribution is 0.114. The standard InChI is InChI=1S/C19H26Cl2N4O2S/c1-3-14-11-24-17(28-14)8-9-23-19(22-4-2)25-10-13(26)12-27-16-7-5-6-15(20)18(16)21/h5-7,11,13,26H,3-4,8-10,12H2,1-2H3,(H2,22,23,25). The Balaban J connectivity index is 1.79. The molecule has 1 aromatic carbocycles. The lowest BCUT2D eigenvalue weighted by Crippen LogP contribution is -2.39. The van der Waals surface area contributed by atoms with Gasteiger partial charge in [-0.1, -0.05) is 36.2 Å². The van der Waals surface area contributed by atoms with Crippen LogP contribution in [0.4, 0.5) is 0 Å². The van der Waals surface area contributed by atoms with Gasteiger partial charge in [-0.25, -0.2) is 4.98 Å². The lowest BCUT2D eigenvalue weighted by Gasteiger charge is -2.14. The monoisotopic (exact) mass is 444 g/mol. The highest BCUT2D eigenvalue weighted by molar-refractivity contribution is 7.11. The third kappa shape index (κ3) is 7.47. The summed E-state index contributed by atoms with van der Waals surface area (Å²) in [4.78, 5) is 10.1. The molecule has 1 aromatic heterocycles. The maximum Gasteiger partial charge on any atom is 0.191 e. The molecule has 0 saturated heterocycles. The normalized spacial score (nSPS) is 12.7. The molecule has 0 aliphatic carbocycles. The van der Waals surface area contributed by atoms with Gasteiger partial charge in [0, 0.05) is 30.6 Å². The second kappa shape index (κ2) is 12.1. The molecule has 0 bridgehead atoms. The number of nitrogens with one attached hydrogen (secondary N) is 2. The zero-order valence-electron chi connectivity index (χ0n) is 16.0. The molecule has 1 heterocycles. The van der Waals surface area contributed by atoms with Gasteiger partial charge in [-0.15, -0.1) is 11.3 Å². The number of aliphatic hydroxyl groups is 1. The number of nitrogens with zero attached hydrogens (tertiary/aromatic N) is 2. The van der Waals surface area contributed by atoms with E-state index in [2.05, 4.69) is 27.5 Å². The van der Waals surface area contributed by atoms with Crippen LogP contribution in [0, 0.1) is 0 Å². The minimum Gasteiger partial charge on any atom is -0.489 e. The Morgan fingerprint density at radius 1 is 1.32 bits per heavy atom. The summed E-state index contributed by atoms with van der Waals surface area (Å²) in [6.07, 6.45) is 3.00. The van der Waals surface area contributed by atoms with Crippen molar-refractivity contribution in [3.63, 3.8) is 0 Å². The van der Waals surface area contributed by atoms with Crippen LogP contribution in [0.1, 0.15) is 23.7 Å². The second-order valence-electron chi connectivity index (χ2n) is 5.99. The lowest BCUT2D eigenvalue weighted by atomic mass is 10.3. The number of aryl methyl sites for hydroxylation is 1. The van der Waals surface area contributed by atoms with Crippen molar-refractivity contribution in [2.24, 2.45) is 4.99 Å². The first kappa shape index (κ1) is 22.7. The summed E-state index contributed by atoms with van der Waals surface area (Å²) >= 11 is 13.8. The minimum absolute atomic E-state index is 0.0713. The molecule has 2 rings (SSSR count). The van der Waals surface area contributed by atoms with Crippen LogP contribution in [0.25, 0.3) is 0 Å². The van der Waals surface area contributed by atoms with Gasteiger partial charge >= 0.3 is 0 Å². The zero-order valence-corrected chi connectivity index (χ0v) is 18.4. The van der Waals surface area contributed by atoms with Crippen molar-refractivity contribution in [3.05, 3.63) is 44.3 Å². The van der Waals surface area contributed by atoms with Crippen LogP contribution in [0.3, 0.4) is 0 Å². The van der Waals surface area contributed by atoms with E-state index in [9.17, 15) is 5.11 Å². The van der Waals surface area contributed by atoms with Gasteiger partial charge in [-0.3, -0.25) is 4.99 Å². The molecule has 0 aliphatic heterocycles. The third-order valence-corrected chi connectivity index (χ3v) is 5.74. The molecule has 6 nitrogen and oxygen atoms in total. The Hall–Kier alpha value is -1.54. The number of halogens is 2. The Morgan fingerprint density at radius 2 is 2.14 bits per heavy atom. The maximum atomic E-state index is 10.1. The van der Waals surface area contributed by atoms with Gasteiger partial charge in [0.2, 0.25) is 0 Å². The van der Waals surface area contributed by atoms with Crippen molar-refractivity contribution in [2.75, 3.05) is 26.2 Å². The highest BCUT2D eigenvalue weighted by Crippen LogP contribution is 2.31. The summed E-state index contributed by atoms with van der Waals surface area (Å²) in [7, 11) is 0. The van der Waals surface area contributed by atoms with Crippen LogP contribution in [-0.2, 0) is 12.8 Å². The van der Waals surface area contributed by atoms with E-state index < -0.39 is 6.10 Å². The van der Waals surface area contributed by atoms with Gasteiger partial charge in [0.25, 0.3) is 0 Å². The second-order valence-corrected chi connectivity index (χ2v) is 7.97. The highest BCUT2D eigenvalue weighted by atomic mass is 35.5. The minimum atomic E-state index is -0.767. The number of hydrogen-bond acceptors (Lipinski definition) is 5. The van der Waals surface area contributed by atoms with Crippen molar-refractivity contribution in [2.45, 2.75) is 32.8 Å². The average molecular weight is 445 g/mol. The molecule has 9 heteroatoms. The van der Waals surface area contributed by atoms with E-state index in [1.807, 2.05) is 13.1 Å². The van der Waals surface area contributed by atoms with E-state index in [-0.39, 0.29) is 13.2 Å². The fourth-order valence-corrected chi connectivity index (χ4v) is 3.50. The number of rotatable bonds is 10. The number of benzene rings is 1. The first-order valence-corrected chi connectivity index (χ1v) is 10.8. The van der Waals surface area contributed by atoms with Crippen LogP contribution >= 0.6 is 34.5 Å². The van der Waals surface area contributed by atoms with Crippen molar-refractivity contribution < 1.29 is 9.84 Å². The van der Waals surface area contributed by atoms with Crippen LogP contribution < -0.4 is 15.4 Å². The van der Waals surface area contributed by atoms with E-state index in [1.165, 1.54) is 4.88 Å². The molecule has 28 heavy (non-hydrogen) atoms. The van der Waals surface area contributed by atoms with Gasteiger partial charge in [0.05, 0.1) is 16.6 Å². The van der Waals surface area contributed by atoms with Crippen molar-refractivity contribution >= 4 is 40.5 Å². The molecule has 1 atom stereocenters. The van der Waals surface area contributed by atoms with E-state index in [0.717, 1.165) is 24.4 Å². The zero-order chi connectivity index (χ0) is 20.4. The molecular formula is C19H26Cl2N4O2S. The summed E-state index contributed by atoms with van der Waals surface area (Å²) in [5.74, 6) is 1.09. The molecule has 1 unspecified atom stereocenters. The number of guanidine groups is 1. The number of aromatic nitrogens is 1. The van der Waals surface area contributed by atoms with E-state index in [0.29, 0.717) is 28.3 Å². The van der Waals surface area contributed by atoms with Gasteiger partial charge in [0.1, 0.15) is 23.5 Å². The number of hydrogen-bond donors (Lipinski definition) is 3.